The van der Waals surface area contributed by atoms with Gasteiger partial charge in [0.25, 0.3) is 0 Å². The van der Waals surface area contributed by atoms with E-state index in [0.717, 1.165) is 51.9 Å². The molecule has 2 saturated heterocycles. The van der Waals surface area contributed by atoms with E-state index in [2.05, 4.69) is 64.4 Å². The number of rotatable bonds is 5. The molecule has 27 heavy (non-hydrogen) atoms. The summed E-state index contributed by atoms with van der Waals surface area (Å²) < 4.78 is 0. The fraction of sp³-hybridized carbons (Fsp3) is 0.458. The molecule has 4 rings (SSSR count). The van der Waals surface area contributed by atoms with E-state index in [-0.39, 0.29) is 5.54 Å². The van der Waals surface area contributed by atoms with Gasteiger partial charge >= 0.3 is 0 Å². The van der Waals surface area contributed by atoms with Gasteiger partial charge < -0.3 is 4.90 Å². The number of aryl methyl sites for hydroxylation is 1. The Balaban J connectivity index is 1.40. The van der Waals surface area contributed by atoms with Crippen LogP contribution in [-0.2, 0) is 17.8 Å². The Morgan fingerprint density at radius 1 is 0.852 bits per heavy atom. The minimum absolute atomic E-state index is 0.0702. The summed E-state index contributed by atoms with van der Waals surface area (Å²) >= 11 is 0. The zero-order valence-electron chi connectivity index (χ0n) is 16.1. The lowest BCUT2D eigenvalue weighted by Gasteiger charge is -2.46. The summed E-state index contributed by atoms with van der Waals surface area (Å²) in [5.74, 6) is 0.345. The van der Waals surface area contributed by atoms with Gasteiger partial charge in [-0.1, -0.05) is 60.7 Å². The second-order valence-electron chi connectivity index (χ2n) is 8.16. The first-order valence-corrected chi connectivity index (χ1v) is 10.4. The fourth-order valence-electron chi connectivity index (χ4n) is 4.97. The maximum atomic E-state index is 13.1. The Morgan fingerprint density at radius 3 is 2.19 bits per heavy atom. The van der Waals surface area contributed by atoms with Crippen LogP contribution in [0.25, 0.3) is 0 Å². The molecule has 2 heterocycles. The summed E-state index contributed by atoms with van der Waals surface area (Å²) in [4.78, 5) is 17.9. The average Bonchev–Trinajstić information content (AvgIpc) is 3.10. The van der Waals surface area contributed by atoms with Crippen LogP contribution in [0.15, 0.2) is 60.7 Å². The molecule has 0 aliphatic carbocycles. The Bertz CT molecular complexity index is 745. The maximum Gasteiger partial charge on any atom is 0.223 e. The zero-order valence-corrected chi connectivity index (χ0v) is 16.1. The van der Waals surface area contributed by atoms with Crippen molar-refractivity contribution in [2.45, 2.75) is 50.6 Å². The summed E-state index contributed by atoms with van der Waals surface area (Å²) in [6.07, 6.45) is 6.14. The number of hydrogen-bond donors (Lipinski definition) is 0. The van der Waals surface area contributed by atoms with E-state index in [1.54, 1.807) is 0 Å². The lowest BCUT2D eigenvalue weighted by atomic mass is 9.86. The van der Waals surface area contributed by atoms with Gasteiger partial charge in [0.2, 0.25) is 5.91 Å². The van der Waals surface area contributed by atoms with Crippen LogP contribution >= 0.6 is 0 Å². The number of carbonyl (C=O) groups excluding carboxylic acids is 1. The first-order chi connectivity index (χ1) is 13.3. The molecule has 2 aliphatic heterocycles. The van der Waals surface area contributed by atoms with E-state index in [0.29, 0.717) is 12.3 Å². The number of likely N-dealkylation sites (tertiary alicyclic amines) is 2. The third-order valence-electron chi connectivity index (χ3n) is 6.25. The first kappa shape index (κ1) is 18.2. The Morgan fingerprint density at radius 2 is 1.48 bits per heavy atom. The molecule has 1 atom stereocenters. The zero-order chi connectivity index (χ0) is 18.5. The molecule has 0 saturated carbocycles. The van der Waals surface area contributed by atoms with Crippen LogP contribution in [0.3, 0.4) is 0 Å². The van der Waals surface area contributed by atoms with E-state index in [1.807, 2.05) is 6.07 Å². The van der Waals surface area contributed by atoms with Crippen molar-refractivity contribution in [3.8, 4) is 0 Å². The van der Waals surface area contributed by atoms with Gasteiger partial charge in [-0.15, -0.1) is 0 Å². The molecule has 2 fully saturated rings. The monoisotopic (exact) mass is 362 g/mol. The topological polar surface area (TPSA) is 23.6 Å². The number of hydrogen-bond acceptors (Lipinski definition) is 2. The number of piperidine rings is 1. The number of nitrogens with zero attached hydrogens (tertiary/aromatic N) is 2. The van der Waals surface area contributed by atoms with Crippen LogP contribution in [0.2, 0.25) is 0 Å². The third kappa shape index (κ3) is 4.24. The molecular weight excluding hydrogens is 332 g/mol. The highest BCUT2D eigenvalue weighted by Gasteiger charge is 2.45. The molecule has 2 aliphatic rings. The molecule has 3 heteroatoms. The van der Waals surface area contributed by atoms with Gasteiger partial charge in [-0.2, -0.15) is 0 Å². The van der Waals surface area contributed by atoms with Crippen LogP contribution in [0, 0.1) is 0 Å². The van der Waals surface area contributed by atoms with Crippen molar-refractivity contribution >= 4 is 5.91 Å². The normalized spacial score (nSPS) is 23.0. The van der Waals surface area contributed by atoms with Crippen molar-refractivity contribution in [1.29, 1.82) is 0 Å². The third-order valence-corrected chi connectivity index (χ3v) is 6.25. The van der Waals surface area contributed by atoms with Gasteiger partial charge in [0, 0.05) is 26.1 Å². The van der Waals surface area contributed by atoms with Gasteiger partial charge in [-0.05, 0) is 49.8 Å². The molecule has 0 unspecified atom stereocenters. The number of amides is 1. The predicted molar refractivity (Wildman–Crippen MR) is 109 cm³/mol. The molecule has 0 bridgehead atoms. The van der Waals surface area contributed by atoms with Crippen molar-refractivity contribution in [2.75, 3.05) is 19.6 Å². The van der Waals surface area contributed by atoms with Gasteiger partial charge in [-0.3, -0.25) is 9.69 Å². The average molecular weight is 363 g/mol. The van der Waals surface area contributed by atoms with Crippen molar-refractivity contribution in [3.63, 3.8) is 0 Å². The van der Waals surface area contributed by atoms with Crippen LogP contribution in [0.1, 0.15) is 43.2 Å². The van der Waals surface area contributed by atoms with Gasteiger partial charge in [-0.25, -0.2) is 0 Å². The maximum absolute atomic E-state index is 13.1. The minimum Gasteiger partial charge on any atom is -0.336 e. The SMILES string of the molecule is O=C(CCc1ccccc1)N1CCC[C@@]12CCCN(Cc1ccccc1)C2. The second-order valence-corrected chi connectivity index (χ2v) is 8.16. The molecule has 1 spiro atoms. The first-order valence-electron chi connectivity index (χ1n) is 10.4. The smallest absolute Gasteiger partial charge is 0.223 e. The van der Waals surface area contributed by atoms with Crippen LogP contribution < -0.4 is 0 Å². The van der Waals surface area contributed by atoms with E-state index >= 15 is 0 Å². The molecule has 0 N–H and O–H groups in total. The molecule has 2 aromatic carbocycles. The number of benzene rings is 2. The van der Waals surface area contributed by atoms with Crippen LogP contribution in [0.5, 0.6) is 0 Å². The lowest BCUT2D eigenvalue weighted by Crippen LogP contribution is -2.57. The molecule has 2 aromatic rings. The molecule has 1 amide bonds. The largest absolute Gasteiger partial charge is 0.336 e. The summed E-state index contributed by atoms with van der Waals surface area (Å²) in [6, 6.07) is 21.1. The fourth-order valence-corrected chi connectivity index (χ4v) is 4.97. The number of carbonyl (C=O) groups is 1. The Kier molecular flexibility index (Phi) is 5.58. The Hall–Kier alpha value is -2.13. The summed E-state index contributed by atoms with van der Waals surface area (Å²) in [5.41, 5.74) is 2.70. The lowest BCUT2D eigenvalue weighted by molar-refractivity contribution is -0.137. The van der Waals surface area contributed by atoms with E-state index < -0.39 is 0 Å². The molecule has 3 nitrogen and oxygen atoms in total. The van der Waals surface area contributed by atoms with Crippen molar-refractivity contribution in [1.82, 2.24) is 9.80 Å². The second kappa shape index (κ2) is 8.26. The van der Waals surface area contributed by atoms with Crippen molar-refractivity contribution < 1.29 is 4.79 Å². The predicted octanol–water partition coefficient (Wildman–Crippen LogP) is 4.28. The van der Waals surface area contributed by atoms with E-state index in [4.69, 9.17) is 0 Å². The highest BCUT2D eigenvalue weighted by Crippen LogP contribution is 2.38. The van der Waals surface area contributed by atoms with Crippen molar-refractivity contribution in [2.24, 2.45) is 0 Å². The van der Waals surface area contributed by atoms with Crippen LogP contribution in [-0.4, -0.2) is 40.9 Å². The van der Waals surface area contributed by atoms with Crippen LogP contribution in [0.4, 0.5) is 0 Å². The van der Waals surface area contributed by atoms with E-state index in [1.165, 1.54) is 17.5 Å². The quantitative estimate of drug-likeness (QED) is 0.793. The van der Waals surface area contributed by atoms with Gasteiger partial charge in [0.05, 0.1) is 5.54 Å². The molecular formula is C24H30N2O. The molecule has 142 valence electrons. The summed E-state index contributed by atoms with van der Waals surface area (Å²) in [5, 5.41) is 0. The molecule has 0 aromatic heterocycles. The standard InChI is InChI=1S/C24H30N2O/c27-23(14-13-21-9-3-1-4-10-21)26-18-8-16-24(26)15-7-17-25(20-24)19-22-11-5-2-6-12-22/h1-6,9-12H,7-8,13-20H2/t24-/m1/s1. The van der Waals surface area contributed by atoms with Gasteiger partial charge in [0.1, 0.15) is 0 Å². The van der Waals surface area contributed by atoms with Crippen molar-refractivity contribution in [3.05, 3.63) is 71.8 Å². The summed E-state index contributed by atoms with van der Waals surface area (Å²) in [6.45, 7) is 4.10. The Labute approximate surface area is 163 Å². The van der Waals surface area contributed by atoms with Gasteiger partial charge in [0.15, 0.2) is 0 Å². The highest BCUT2D eigenvalue weighted by atomic mass is 16.2. The van der Waals surface area contributed by atoms with E-state index in [9.17, 15) is 4.79 Å². The highest BCUT2D eigenvalue weighted by molar-refractivity contribution is 5.77. The minimum atomic E-state index is 0.0702. The summed E-state index contributed by atoms with van der Waals surface area (Å²) in [7, 11) is 0. The molecule has 0 radical (unpaired) electrons.